The number of rotatable bonds is 12. The van der Waals surface area contributed by atoms with E-state index in [1.165, 1.54) is 41.0 Å². The molecular weight excluding hydrogens is 876 g/mol. The van der Waals surface area contributed by atoms with Crippen LogP contribution in [0.25, 0.3) is 0 Å². The minimum absolute atomic E-state index is 0.0337. The van der Waals surface area contributed by atoms with Gasteiger partial charge in [0.25, 0.3) is 17.7 Å². The van der Waals surface area contributed by atoms with Crippen molar-refractivity contribution in [3.63, 3.8) is 0 Å². The van der Waals surface area contributed by atoms with Crippen LogP contribution >= 0.6 is 0 Å². The molecule has 0 unspecified atom stereocenters. The second-order valence-corrected chi connectivity index (χ2v) is 11.6. The van der Waals surface area contributed by atoms with E-state index < -0.39 is 89.7 Å². The maximum atomic E-state index is 13.6. The second-order valence-electron chi connectivity index (χ2n) is 11.6. The second kappa shape index (κ2) is 24.5. The first-order valence-electron chi connectivity index (χ1n) is 16.8. The highest BCUT2D eigenvalue weighted by atomic mass is 19.4. The number of alkyl halides is 9. The van der Waals surface area contributed by atoms with Gasteiger partial charge >= 0.3 is 36.3 Å². The van der Waals surface area contributed by atoms with Crippen molar-refractivity contribution in [2.45, 2.75) is 38.2 Å². The third kappa shape index (κ3) is 19.1. The van der Waals surface area contributed by atoms with Gasteiger partial charge in [0.05, 0.1) is 19.6 Å². The number of amides is 6. The molecule has 24 heteroatoms. The lowest BCUT2D eigenvalue weighted by Gasteiger charge is -2.10. The maximum Gasteiger partial charge on any atom is 0.471 e. The molecule has 336 valence electrons. The van der Waals surface area contributed by atoms with Gasteiger partial charge < -0.3 is 31.9 Å². The van der Waals surface area contributed by atoms with E-state index in [2.05, 4.69) is 33.7 Å². The van der Waals surface area contributed by atoms with Crippen LogP contribution in [0.1, 0.15) is 47.8 Å². The molecule has 3 aromatic carbocycles. The Labute approximate surface area is 348 Å². The van der Waals surface area contributed by atoms with Gasteiger partial charge in [-0.15, -0.1) is 19.3 Å². The van der Waals surface area contributed by atoms with Crippen LogP contribution in [0.15, 0.2) is 54.6 Å². The molecule has 0 aliphatic rings. The van der Waals surface area contributed by atoms with Crippen LogP contribution in [0.4, 0.5) is 52.7 Å². The first kappa shape index (κ1) is 53.3. The van der Waals surface area contributed by atoms with E-state index >= 15 is 0 Å². The topological polar surface area (TPSA) is 175 Å². The van der Waals surface area contributed by atoms with Gasteiger partial charge in [-0.2, -0.15) is 39.5 Å². The van der Waals surface area contributed by atoms with Crippen LogP contribution in [-0.2, 0) is 34.0 Å². The lowest BCUT2D eigenvalue weighted by Crippen LogP contribution is -2.36. The lowest BCUT2D eigenvalue weighted by atomic mass is 10.1. The highest BCUT2D eigenvalue weighted by Gasteiger charge is 2.40. The summed E-state index contributed by atoms with van der Waals surface area (Å²) in [5, 5.41) is 11.5. The largest absolute Gasteiger partial charge is 0.471 e. The summed E-state index contributed by atoms with van der Waals surface area (Å²) in [5.74, 6) is -5.31. The average molecular weight is 907 g/mol. The van der Waals surface area contributed by atoms with Crippen molar-refractivity contribution in [2.75, 3.05) is 19.6 Å². The van der Waals surface area contributed by atoms with Crippen LogP contribution in [0, 0.1) is 54.5 Å². The molecule has 6 N–H and O–H groups in total. The number of hydrogen-bond donors (Lipinski definition) is 6. The molecule has 3 rings (SSSR count). The zero-order valence-electron chi connectivity index (χ0n) is 31.7. The fraction of sp³-hybridized carbons (Fsp3) is 0.231. The van der Waals surface area contributed by atoms with Gasteiger partial charge in [0, 0.05) is 47.5 Å². The molecule has 0 atom stereocenters. The SMILES string of the molecule is C#CCNC(=O)c1cc(F)c(CNC(=O)C(F)(F)F)c(F)c1.C#CCNC(=O)c1ccc(CNC(=O)C(F)(F)F)c(F)c1.C#CCNC(=O)c1ccc(CNC(=O)C(F)(F)F)cc1. The smallest absolute Gasteiger partial charge is 0.344 e. The minimum atomic E-state index is -5.16. The molecule has 0 bridgehead atoms. The van der Waals surface area contributed by atoms with Crippen molar-refractivity contribution in [2.24, 2.45) is 0 Å². The van der Waals surface area contributed by atoms with Crippen molar-refractivity contribution in [3.05, 3.63) is 105 Å². The quantitative estimate of drug-likeness (QED) is 0.118. The third-order valence-corrected chi connectivity index (χ3v) is 7.08. The predicted molar refractivity (Wildman–Crippen MR) is 196 cm³/mol. The van der Waals surface area contributed by atoms with E-state index in [0.29, 0.717) is 23.3 Å². The summed E-state index contributed by atoms with van der Waals surface area (Å²) in [4.78, 5) is 66.2. The summed E-state index contributed by atoms with van der Waals surface area (Å²) in [5.41, 5.74) is -0.640. The molecule has 0 aliphatic carbocycles. The maximum absolute atomic E-state index is 13.6. The summed E-state index contributed by atoms with van der Waals surface area (Å²) in [7, 11) is 0. The van der Waals surface area contributed by atoms with E-state index in [4.69, 9.17) is 19.3 Å². The molecule has 0 spiro atoms. The van der Waals surface area contributed by atoms with Crippen LogP contribution in [-0.4, -0.2) is 73.6 Å². The molecular formula is C39H30F12N6O6. The van der Waals surface area contributed by atoms with Gasteiger partial charge in [-0.05, 0) is 42.0 Å². The van der Waals surface area contributed by atoms with E-state index in [-0.39, 0.29) is 43.2 Å². The molecule has 6 amide bonds. The fourth-order valence-electron chi connectivity index (χ4n) is 4.04. The molecule has 3 aromatic rings. The molecule has 0 aromatic heterocycles. The number of hydrogen-bond acceptors (Lipinski definition) is 6. The van der Waals surface area contributed by atoms with E-state index in [0.717, 1.165) is 12.1 Å². The summed E-state index contributed by atoms with van der Waals surface area (Å²) in [6.07, 6.45) is -0.286. The average Bonchev–Trinajstić information content (AvgIpc) is 3.21. The Morgan fingerprint density at radius 1 is 0.444 bits per heavy atom. The van der Waals surface area contributed by atoms with Crippen LogP contribution in [0.2, 0.25) is 0 Å². The van der Waals surface area contributed by atoms with Crippen molar-refractivity contribution in [1.29, 1.82) is 0 Å². The van der Waals surface area contributed by atoms with Gasteiger partial charge in [-0.3, -0.25) is 28.8 Å². The number of benzene rings is 3. The zero-order valence-corrected chi connectivity index (χ0v) is 31.7. The Morgan fingerprint density at radius 3 is 1.19 bits per heavy atom. The number of halogens is 12. The summed E-state index contributed by atoms with van der Waals surface area (Å²) < 4.78 is 149. The van der Waals surface area contributed by atoms with Gasteiger partial charge in [-0.25, -0.2) is 13.2 Å². The lowest BCUT2D eigenvalue weighted by molar-refractivity contribution is -0.173. The first-order chi connectivity index (χ1) is 29.3. The molecule has 12 nitrogen and oxygen atoms in total. The summed E-state index contributed by atoms with van der Waals surface area (Å²) in [6, 6.07) is 10.2. The fourth-order valence-corrected chi connectivity index (χ4v) is 4.04. The molecule has 0 heterocycles. The minimum Gasteiger partial charge on any atom is -0.344 e. The van der Waals surface area contributed by atoms with Gasteiger partial charge in [0.1, 0.15) is 17.5 Å². The van der Waals surface area contributed by atoms with Gasteiger partial charge in [0.2, 0.25) is 0 Å². The highest BCUT2D eigenvalue weighted by Crippen LogP contribution is 2.19. The Bertz CT molecular complexity index is 2230. The van der Waals surface area contributed by atoms with Gasteiger partial charge in [-0.1, -0.05) is 36.0 Å². The Hall–Kier alpha value is -7.68. The monoisotopic (exact) mass is 906 g/mol. The molecule has 0 aliphatic heterocycles. The predicted octanol–water partition coefficient (Wildman–Crippen LogP) is 4.10. The summed E-state index contributed by atoms with van der Waals surface area (Å²) >= 11 is 0. The van der Waals surface area contributed by atoms with Crippen molar-refractivity contribution >= 4 is 35.4 Å². The number of terminal acetylenes is 3. The Kier molecular flexibility index (Phi) is 20.8. The van der Waals surface area contributed by atoms with Crippen LogP contribution in [0.3, 0.4) is 0 Å². The van der Waals surface area contributed by atoms with Crippen LogP contribution in [0.5, 0.6) is 0 Å². The summed E-state index contributed by atoms with van der Waals surface area (Å²) in [6.45, 7) is -2.04. The molecule has 0 saturated carbocycles. The van der Waals surface area contributed by atoms with Crippen molar-refractivity contribution in [3.8, 4) is 37.0 Å². The van der Waals surface area contributed by atoms with Crippen molar-refractivity contribution < 1.29 is 81.5 Å². The van der Waals surface area contributed by atoms with Gasteiger partial charge in [0.15, 0.2) is 0 Å². The van der Waals surface area contributed by atoms with E-state index in [1.54, 1.807) is 5.32 Å². The Morgan fingerprint density at radius 2 is 0.794 bits per heavy atom. The normalized spacial score (nSPS) is 10.6. The molecule has 63 heavy (non-hydrogen) atoms. The van der Waals surface area contributed by atoms with E-state index in [9.17, 15) is 81.5 Å². The number of carbonyl (C=O) groups excluding carboxylic acids is 6. The zero-order chi connectivity index (χ0) is 48.1. The third-order valence-electron chi connectivity index (χ3n) is 7.08. The standard InChI is InChI=1S/C13H9F5N2O2.C13H10F4N2O2.C13H11F3N2O2/c1-2-3-19-11(21)7-4-9(14)8(10(15)5-7)6-20-12(22)13(16,17)18;1-2-5-18-11(20)8-3-4-9(10(14)6-8)7-19-12(21)13(15,16)17;1-2-7-17-11(19)10-5-3-9(4-6-10)8-18-12(20)13(14,15)16/h1,4-5H,3,6H2,(H,19,21)(H,20,22);1,3-4,6H,5,7H2,(H,18,20)(H,19,21);1,3-6H,7-8H2,(H,17,19)(H,18,20). The first-order valence-corrected chi connectivity index (χ1v) is 16.8. The van der Waals surface area contributed by atoms with Crippen molar-refractivity contribution in [1.82, 2.24) is 31.9 Å². The highest BCUT2D eigenvalue weighted by molar-refractivity contribution is 5.95. The number of nitrogens with one attached hydrogen (secondary N) is 6. The molecule has 0 fully saturated rings. The van der Waals surface area contributed by atoms with E-state index in [1.807, 2.05) is 0 Å². The van der Waals surface area contributed by atoms with Crippen LogP contribution < -0.4 is 31.9 Å². The molecule has 0 radical (unpaired) electrons. The Balaban J connectivity index is 0.000000473. The molecule has 0 saturated heterocycles. The number of carbonyl (C=O) groups is 6.